The second kappa shape index (κ2) is 8.58. The van der Waals surface area contributed by atoms with E-state index in [0.29, 0.717) is 11.5 Å². The van der Waals surface area contributed by atoms with Gasteiger partial charge in [-0.05, 0) is 49.2 Å². The SMILES string of the molecule is O=C(c1cccnc1Sc1ccccc1)N1CCC(c2nc3ccccc3s2)CC1. The lowest BCUT2D eigenvalue weighted by molar-refractivity contribution is 0.0708. The highest BCUT2D eigenvalue weighted by Gasteiger charge is 2.28. The second-order valence-electron chi connectivity index (χ2n) is 7.36. The van der Waals surface area contributed by atoms with Crippen LogP contribution in [-0.4, -0.2) is 33.9 Å². The minimum absolute atomic E-state index is 0.0734. The number of benzene rings is 2. The summed E-state index contributed by atoms with van der Waals surface area (Å²) in [6, 6.07) is 22.1. The van der Waals surface area contributed by atoms with Gasteiger partial charge in [0, 0.05) is 30.1 Å². The van der Waals surface area contributed by atoms with Crippen LogP contribution < -0.4 is 0 Å². The fourth-order valence-corrected chi connectivity index (χ4v) is 5.83. The molecule has 0 radical (unpaired) electrons. The van der Waals surface area contributed by atoms with Gasteiger partial charge in [0.1, 0.15) is 5.03 Å². The summed E-state index contributed by atoms with van der Waals surface area (Å²) in [4.78, 5) is 25.6. The fraction of sp³-hybridized carbons (Fsp3) is 0.208. The van der Waals surface area contributed by atoms with Gasteiger partial charge in [0.15, 0.2) is 0 Å². The molecule has 3 heterocycles. The zero-order valence-corrected chi connectivity index (χ0v) is 18.0. The third-order valence-corrected chi connectivity index (χ3v) is 7.63. The van der Waals surface area contributed by atoms with E-state index in [4.69, 9.17) is 4.98 Å². The van der Waals surface area contributed by atoms with Crippen LogP contribution in [0.2, 0.25) is 0 Å². The molecule has 0 aliphatic carbocycles. The molecule has 150 valence electrons. The van der Waals surface area contributed by atoms with Gasteiger partial charge >= 0.3 is 0 Å². The topological polar surface area (TPSA) is 46.1 Å². The molecule has 6 heteroatoms. The van der Waals surface area contributed by atoms with Gasteiger partial charge in [-0.1, -0.05) is 42.1 Å². The number of piperidine rings is 1. The number of hydrogen-bond donors (Lipinski definition) is 0. The third-order valence-electron chi connectivity index (χ3n) is 5.40. The zero-order valence-electron chi connectivity index (χ0n) is 16.4. The van der Waals surface area contributed by atoms with E-state index in [1.807, 2.05) is 53.4 Å². The lowest BCUT2D eigenvalue weighted by Crippen LogP contribution is -2.38. The lowest BCUT2D eigenvalue weighted by atomic mass is 9.97. The van der Waals surface area contributed by atoms with Crippen LogP contribution in [0.4, 0.5) is 0 Å². The molecule has 1 amide bonds. The Bertz CT molecular complexity index is 1130. The van der Waals surface area contributed by atoms with Crippen LogP contribution in [0.3, 0.4) is 0 Å². The molecule has 2 aromatic heterocycles. The number of carbonyl (C=O) groups excluding carboxylic acids is 1. The van der Waals surface area contributed by atoms with E-state index in [2.05, 4.69) is 23.2 Å². The maximum absolute atomic E-state index is 13.3. The van der Waals surface area contributed by atoms with Crippen LogP contribution >= 0.6 is 23.1 Å². The first-order valence-corrected chi connectivity index (χ1v) is 11.7. The van der Waals surface area contributed by atoms with Gasteiger partial charge < -0.3 is 4.90 Å². The summed E-state index contributed by atoms with van der Waals surface area (Å²) in [6.45, 7) is 1.51. The first kappa shape index (κ1) is 19.3. The van der Waals surface area contributed by atoms with E-state index >= 15 is 0 Å². The van der Waals surface area contributed by atoms with E-state index in [1.54, 1.807) is 17.5 Å². The summed E-state index contributed by atoms with van der Waals surface area (Å²) in [6.07, 6.45) is 3.65. The third kappa shape index (κ3) is 3.98. The molecule has 0 spiro atoms. The summed E-state index contributed by atoms with van der Waals surface area (Å²) in [5.74, 6) is 0.503. The molecule has 4 nitrogen and oxygen atoms in total. The number of hydrogen-bond acceptors (Lipinski definition) is 5. The number of rotatable bonds is 4. The van der Waals surface area contributed by atoms with Crippen molar-refractivity contribution < 1.29 is 4.79 Å². The Kier molecular flexibility index (Phi) is 5.51. The minimum Gasteiger partial charge on any atom is -0.339 e. The average molecular weight is 432 g/mol. The van der Waals surface area contributed by atoms with Crippen molar-refractivity contribution in [2.75, 3.05) is 13.1 Å². The molecule has 0 N–H and O–H groups in total. The van der Waals surface area contributed by atoms with Crippen LogP contribution in [0.5, 0.6) is 0 Å². The largest absolute Gasteiger partial charge is 0.339 e. The Morgan fingerprint density at radius 2 is 1.73 bits per heavy atom. The number of amides is 1. The van der Waals surface area contributed by atoms with Crippen molar-refractivity contribution in [2.24, 2.45) is 0 Å². The number of pyridine rings is 1. The van der Waals surface area contributed by atoms with Crippen molar-refractivity contribution in [1.82, 2.24) is 14.9 Å². The number of carbonyl (C=O) groups is 1. The van der Waals surface area contributed by atoms with Crippen LogP contribution in [0.15, 0.2) is 82.8 Å². The van der Waals surface area contributed by atoms with Crippen LogP contribution in [0, 0.1) is 0 Å². The molecule has 30 heavy (non-hydrogen) atoms. The Hall–Kier alpha value is -2.70. The molecule has 0 atom stereocenters. The van der Waals surface area contributed by atoms with Gasteiger partial charge in [-0.25, -0.2) is 9.97 Å². The molecular weight excluding hydrogens is 410 g/mol. The number of fused-ring (bicyclic) bond motifs is 1. The van der Waals surface area contributed by atoms with Gasteiger partial charge in [0.2, 0.25) is 0 Å². The van der Waals surface area contributed by atoms with E-state index < -0.39 is 0 Å². The van der Waals surface area contributed by atoms with E-state index in [-0.39, 0.29) is 5.91 Å². The monoisotopic (exact) mass is 431 g/mol. The molecule has 4 aromatic rings. The summed E-state index contributed by atoms with van der Waals surface area (Å²) in [5.41, 5.74) is 1.76. The smallest absolute Gasteiger partial charge is 0.256 e. The molecular formula is C24H21N3OS2. The zero-order chi connectivity index (χ0) is 20.3. The minimum atomic E-state index is 0.0734. The highest BCUT2D eigenvalue weighted by molar-refractivity contribution is 7.99. The van der Waals surface area contributed by atoms with E-state index in [1.165, 1.54) is 21.5 Å². The second-order valence-corrected chi connectivity index (χ2v) is 9.48. The van der Waals surface area contributed by atoms with Gasteiger partial charge in [-0.3, -0.25) is 4.79 Å². The van der Waals surface area contributed by atoms with E-state index in [0.717, 1.165) is 41.4 Å². The van der Waals surface area contributed by atoms with E-state index in [9.17, 15) is 4.79 Å². The van der Waals surface area contributed by atoms with Crippen LogP contribution in [0.1, 0.15) is 34.1 Å². The summed E-state index contributed by atoms with van der Waals surface area (Å²) < 4.78 is 1.24. The van der Waals surface area contributed by atoms with Crippen molar-refractivity contribution in [3.05, 3.63) is 83.5 Å². The standard InChI is InChI=1S/C24H21N3OS2/c28-24(19-9-6-14-25-23(19)29-18-7-2-1-3-8-18)27-15-12-17(13-16-27)22-26-20-10-4-5-11-21(20)30-22/h1-11,14,17H,12-13,15-16H2. The Morgan fingerprint density at radius 3 is 2.53 bits per heavy atom. The van der Waals surface area contributed by atoms with Crippen molar-refractivity contribution in [3.8, 4) is 0 Å². The fourth-order valence-electron chi connectivity index (χ4n) is 3.80. The maximum atomic E-state index is 13.3. The average Bonchev–Trinajstić information content (AvgIpc) is 3.24. The Labute approximate surface area is 184 Å². The van der Waals surface area contributed by atoms with Crippen LogP contribution in [-0.2, 0) is 0 Å². The number of aromatic nitrogens is 2. The van der Waals surface area contributed by atoms with Crippen molar-refractivity contribution >= 4 is 39.2 Å². The first-order valence-electron chi connectivity index (χ1n) is 10.1. The summed E-state index contributed by atoms with van der Waals surface area (Å²) in [7, 11) is 0. The molecule has 1 fully saturated rings. The highest BCUT2D eigenvalue weighted by atomic mass is 32.2. The molecule has 1 saturated heterocycles. The first-order chi connectivity index (χ1) is 14.8. The van der Waals surface area contributed by atoms with Gasteiger partial charge in [-0.2, -0.15) is 0 Å². The van der Waals surface area contributed by atoms with Gasteiger partial charge in [0.25, 0.3) is 5.91 Å². The molecule has 1 aliphatic rings. The van der Waals surface area contributed by atoms with Crippen molar-refractivity contribution in [2.45, 2.75) is 28.7 Å². The number of likely N-dealkylation sites (tertiary alicyclic amines) is 1. The summed E-state index contributed by atoms with van der Waals surface area (Å²) in [5, 5.41) is 1.96. The number of nitrogens with zero attached hydrogens (tertiary/aromatic N) is 3. The molecule has 1 aliphatic heterocycles. The summed E-state index contributed by atoms with van der Waals surface area (Å²) >= 11 is 3.32. The molecule has 2 aromatic carbocycles. The van der Waals surface area contributed by atoms with Gasteiger partial charge in [-0.15, -0.1) is 11.3 Å². The van der Waals surface area contributed by atoms with Crippen LogP contribution in [0.25, 0.3) is 10.2 Å². The highest BCUT2D eigenvalue weighted by Crippen LogP contribution is 2.35. The van der Waals surface area contributed by atoms with Crippen molar-refractivity contribution in [3.63, 3.8) is 0 Å². The normalized spacial score (nSPS) is 14.9. The molecule has 0 bridgehead atoms. The number of para-hydroxylation sites is 1. The quantitative estimate of drug-likeness (QED) is 0.406. The molecule has 0 unspecified atom stereocenters. The lowest BCUT2D eigenvalue weighted by Gasteiger charge is -2.31. The predicted octanol–water partition coefficient (Wildman–Crippen LogP) is 5.86. The molecule has 5 rings (SSSR count). The van der Waals surface area contributed by atoms with Crippen molar-refractivity contribution in [1.29, 1.82) is 0 Å². The Morgan fingerprint density at radius 1 is 0.967 bits per heavy atom. The predicted molar refractivity (Wildman–Crippen MR) is 122 cm³/mol. The Balaban J connectivity index is 1.29. The molecule has 0 saturated carbocycles. The maximum Gasteiger partial charge on any atom is 0.256 e. The number of thiazole rings is 1. The van der Waals surface area contributed by atoms with Gasteiger partial charge in [0.05, 0.1) is 20.8 Å².